The van der Waals surface area contributed by atoms with Crippen LogP contribution in [0.2, 0.25) is 0 Å². The molecule has 0 bridgehead atoms. The molecule has 0 spiro atoms. The number of allylic oxidation sites excluding steroid dienone is 1. The standard InChI is InChI=1S/C12H13ClO2/c1-3-15-12(14)11-7-5-4-6-10(11)8-9(2)13/h4-7H,2-3,8H2,1H3. The fourth-order valence-corrected chi connectivity index (χ4v) is 1.43. The highest BCUT2D eigenvalue weighted by molar-refractivity contribution is 6.29. The van der Waals surface area contributed by atoms with Crippen molar-refractivity contribution in [2.24, 2.45) is 0 Å². The monoisotopic (exact) mass is 224 g/mol. The Kier molecular flexibility index (Phi) is 4.37. The van der Waals surface area contributed by atoms with Gasteiger partial charge in [-0.15, -0.1) is 0 Å². The Balaban J connectivity index is 2.95. The van der Waals surface area contributed by atoms with Gasteiger partial charge in [0, 0.05) is 11.5 Å². The predicted octanol–water partition coefficient (Wildman–Crippen LogP) is 3.16. The van der Waals surface area contributed by atoms with Crippen molar-refractivity contribution in [1.82, 2.24) is 0 Å². The molecule has 0 saturated heterocycles. The minimum absolute atomic E-state index is 0.314. The maximum absolute atomic E-state index is 11.6. The third-order valence-electron chi connectivity index (χ3n) is 1.89. The summed E-state index contributed by atoms with van der Waals surface area (Å²) in [5, 5.41) is 0.506. The summed E-state index contributed by atoms with van der Waals surface area (Å²) in [6.45, 7) is 5.76. The number of carbonyl (C=O) groups excluding carboxylic acids is 1. The molecular weight excluding hydrogens is 212 g/mol. The SMILES string of the molecule is C=C(Cl)Cc1ccccc1C(=O)OCC. The van der Waals surface area contributed by atoms with Gasteiger partial charge in [-0.25, -0.2) is 4.79 Å². The number of rotatable bonds is 4. The van der Waals surface area contributed by atoms with Gasteiger partial charge in [-0.3, -0.25) is 0 Å². The largest absolute Gasteiger partial charge is 0.462 e. The van der Waals surface area contributed by atoms with Gasteiger partial charge in [0.25, 0.3) is 0 Å². The van der Waals surface area contributed by atoms with Crippen LogP contribution in [-0.2, 0) is 11.2 Å². The molecule has 1 rings (SSSR count). The lowest BCUT2D eigenvalue weighted by atomic mass is 10.0. The summed E-state index contributed by atoms with van der Waals surface area (Å²) < 4.78 is 4.94. The highest BCUT2D eigenvalue weighted by atomic mass is 35.5. The van der Waals surface area contributed by atoms with Crippen LogP contribution in [0.15, 0.2) is 35.9 Å². The summed E-state index contributed by atoms with van der Waals surface area (Å²) in [5.41, 5.74) is 1.40. The minimum Gasteiger partial charge on any atom is -0.462 e. The second-order valence-corrected chi connectivity index (χ2v) is 3.61. The number of hydrogen-bond donors (Lipinski definition) is 0. The third kappa shape index (κ3) is 3.40. The molecule has 80 valence electrons. The summed E-state index contributed by atoms with van der Waals surface area (Å²) in [5.74, 6) is -0.314. The van der Waals surface area contributed by atoms with Gasteiger partial charge >= 0.3 is 5.97 Å². The van der Waals surface area contributed by atoms with Crippen LogP contribution in [0.1, 0.15) is 22.8 Å². The van der Waals surface area contributed by atoms with E-state index in [1.165, 1.54) is 0 Å². The highest BCUT2D eigenvalue weighted by Crippen LogP contribution is 2.15. The van der Waals surface area contributed by atoms with Crippen LogP contribution >= 0.6 is 11.6 Å². The Labute approximate surface area is 94.5 Å². The van der Waals surface area contributed by atoms with Crippen LogP contribution in [0.5, 0.6) is 0 Å². The molecule has 0 amide bonds. The van der Waals surface area contributed by atoms with Gasteiger partial charge < -0.3 is 4.74 Å². The Morgan fingerprint density at radius 3 is 2.73 bits per heavy atom. The van der Waals surface area contributed by atoms with Crippen molar-refractivity contribution in [2.45, 2.75) is 13.3 Å². The molecule has 3 heteroatoms. The number of halogens is 1. The lowest BCUT2D eigenvalue weighted by Crippen LogP contribution is -2.07. The average Bonchev–Trinajstić information content (AvgIpc) is 2.18. The van der Waals surface area contributed by atoms with Crippen molar-refractivity contribution in [3.63, 3.8) is 0 Å². The van der Waals surface area contributed by atoms with E-state index in [-0.39, 0.29) is 5.97 Å². The molecule has 0 aliphatic carbocycles. The summed E-state index contributed by atoms with van der Waals surface area (Å²) in [4.78, 5) is 11.6. The van der Waals surface area contributed by atoms with E-state index in [4.69, 9.17) is 16.3 Å². The molecule has 0 unspecified atom stereocenters. The van der Waals surface area contributed by atoms with E-state index in [2.05, 4.69) is 6.58 Å². The van der Waals surface area contributed by atoms with Gasteiger partial charge in [-0.1, -0.05) is 36.4 Å². The van der Waals surface area contributed by atoms with Gasteiger partial charge in [0.2, 0.25) is 0 Å². The third-order valence-corrected chi connectivity index (χ3v) is 2.03. The van der Waals surface area contributed by atoms with Crippen LogP contribution in [0, 0.1) is 0 Å². The molecule has 0 aromatic heterocycles. The molecule has 0 saturated carbocycles. The first-order valence-electron chi connectivity index (χ1n) is 4.73. The average molecular weight is 225 g/mol. The zero-order chi connectivity index (χ0) is 11.3. The molecule has 0 atom stereocenters. The summed E-state index contributed by atoms with van der Waals surface area (Å²) in [6, 6.07) is 7.23. The van der Waals surface area contributed by atoms with E-state index in [9.17, 15) is 4.79 Å². The first-order valence-corrected chi connectivity index (χ1v) is 5.11. The van der Waals surface area contributed by atoms with E-state index in [1.54, 1.807) is 19.1 Å². The van der Waals surface area contributed by atoms with Crippen molar-refractivity contribution in [3.8, 4) is 0 Å². The van der Waals surface area contributed by atoms with Crippen molar-refractivity contribution in [3.05, 3.63) is 47.0 Å². The molecule has 1 aromatic rings. The minimum atomic E-state index is -0.314. The van der Waals surface area contributed by atoms with E-state index in [0.29, 0.717) is 23.6 Å². The lowest BCUT2D eigenvalue weighted by molar-refractivity contribution is 0.0525. The molecule has 0 aliphatic rings. The number of esters is 1. The molecule has 15 heavy (non-hydrogen) atoms. The molecule has 2 nitrogen and oxygen atoms in total. The molecule has 1 aromatic carbocycles. The molecule has 0 fully saturated rings. The fourth-order valence-electron chi connectivity index (χ4n) is 1.29. The van der Waals surface area contributed by atoms with E-state index < -0.39 is 0 Å². The summed E-state index contributed by atoms with van der Waals surface area (Å²) >= 11 is 5.72. The Morgan fingerprint density at radius 1 is 1.47 bits per heavy atom. The Hall–Kier alpha value is -1.28. The molecule has 0 radical (unpaired) electrons. The summed E-state index contributed by atoms with van der Waals surface area (Å²) in [7, 11) is 0. The van der Waals surface area contributed by atoms with Gasteiger partial charge in [0.05, 0.1) is 12.2 Å². The summed E-state index contributed by atoms with van der Waals surface area (Å²) in [6.07, 6.45) is 0.483. The Morgan fingerprint density at radius 2 is 2.13 bits per heavy atom. The molecule has 0 N–H and O–H groups in total. The van der Waals surface area contributed by atoms with Crippen molar-refractivity contribution in [1.29, 1.82) is 0 Å². The Bertz CT molecular complexity index is 372. The van der Waals surface area contributed by atoms with Crippen LogP contribution in [0.4, 0.5) is 0 Å². The maximum atomic E-state index is 11.6. The van der Waals surface area contributed by atoms with Gasteiger partial charge in [0.15, 0.2) is 0 Å². The zero-order valence-corrected chi connectivity index (χ0v) is 9.38. The van der Waals surface area contributed by atoms with Crippen molar-refractivity contribution in [2.75, 3.05) is 6.61 Å². The first-order chi connectivity index (χ1) is 7.15. The second kappa shape index (κ2) is 5.56. The molecule has 0 heterocycles. The van der Waals surface area contributed by atoms with Crippen molar-refractivity contribution >= 4 is 17.6 Å². The van der Waals surface area contributed by atoms with Crippen LogP contribution in [0.25, 0.3) is 0 Å². The zero-order valence-electron chi connectivity index (χ0n) is 8.63. The second-order valence-electron chi connectivity index (χ2n) is 3.07. The van der Waals surface area contributed by atoms with Crippen molar-refractivity contribution < 1.29 is 9.53 Å². The topological polar surface area (TPSA) is 26.3 Å². The smallest absolute Gasteiger partial charge is 0.338 e. The quantitative estimate of drug-likeness (QED) is 0.735. The number of ether oxygens (including phenoxy) is 1. The normalized spacial score (nSPS) is 9.73. The van der Waals surface area contributed by atoms with Crippen LogP contribution in [-0.4, -0.2) is 12.6 Å². The fraction of sp³-hybridized carbons (Fsp3) is 0.250. The lowest BCUT2D eigenvalue weighted by Gasteiger charge is -2.07. The number of hydrogen-bond acceptors (Lipinski definition) is 2. The number of benzene rings is 1. The number of carbonyl (C=O) groups is 1. The van der Waals surface area contributed by atoms with Crippen LogP contribution in [0.3, 0.4) is 0 Å². The highest BCUT2D eigenvalue weighted by Gasteiger charge is 2.11. The van der Waals surface area contributed by atoms with Crippen LogP contribution < -0.4 is 0 Å². The predicted molar refractivity (Wildman–Crippen MR) is 61.1 cm³/mol. The first kappa shape index (κ1) is 11.8. The van der Waals surface area contributed by atoms with E-state index >= 15 is 0 Å². The van der Waals surface area contributed by atoms with Gasteiger partial charge in [-0.2, -0.15) is 0 Å². The van der Waals surface area contributed by atoms with Gasteiger partial charge in [-0.05, 0) is 18.6 Å². The van der Waals surface area contributed by atoms with E-state index in [1.807, 2.05) is 12.1 Å². The molecular formula is C12H13ClO2. The van der Waals surface area contributed by atoms with E-state index in [0.717, 1.165) is 5.56 Å². The maximum Gasteiger partial charge on any atom is 0.338 e. The molecule has 0 aliphatic heterocycles. The van der Waals surface area contributed by atoms with Gasteiger partial charge in [0.1, 0.15) is 0 Å².